The zero-order valence-corrected chi connectivity index (χ0v) is 10.6. The van der Waals surface area contributed by atoms with Crippen LogP contribution < -0.4 is 5.73 Å². The molecule has 2 heterocycles. The fourth-order valence-corrected chi connectivity index (χ4v) is 2.03. The van der Waals surface area contributed by atoms with Crippen LogP contribution in [-0.4, -0.2) is 34.4 Å². The number of nitrogens with two attached hydrogens (primary N) is 1. The molecule has 0 radical (unpaired) electrons. The Morgan fingerprint density at radius 2 is 2.12 bits per heavy atom. The van der Waals surface area contributed by atoms with E-state index in [1.165, 1.54) is 0 Å². The van der Waals surface area contributed by atoms with Gasteiger partial charge in [-0.15, -0.1) is 0 Å². The van der Waals surface area contributed by atoms with Crippen LogP contribution in [0.4, 0.5) is 0 Å². The standard InChI is InChI=1S/C13H19N3O/c1-9(2)13(14)7-16(8-13)12(17)11-4-10(3)5-15-6-11/h4-6,9H,7-8,14H2,1-3H3. The molecule has 1 aliphatic rings. The molecule has 0 spiro atoms. The van der Waals surface area contributed by atoms with Crippen molar-refractivity contribution in [2.45, 2.75) is 26.3 Å². The first-order chi connectivity index (χ1) is 7.92. The Bertz CT molecular complexity index is 436. The van der Waals surface area contributed by atoms with Gasteiger partial charge in [0.25, 0.3) is 5.91 Å². The van der Waals surface area contributed by atoms with E-state index in [2.05, 4.69) is 18.8 Å². The molecule has 1 fully saturated rings. The molecule has 1 aromatic rings. The van der Waals surface area contributed by atoms with Gasteiger partial charge in [0.2, 0.25) is 0 Å². The summed E-state index contributed by atoms with van der Waals surface area (Å²) < 4.78 is 0. The summed E-state index contributed by atoms with van der Waals surface area (Å²) in [5.74, 6) is 0.421. The minimum Gasteiger partial charge on any atom is -0.335 e. The summed E-state index contributed by atoms with van der Waals surface area (Å²) in [7, 11) is 0. The average molecular weight is 233 g/mol. The molecule has 0 unspecified atom stereocenters. The summed E-state index contributed by atoms with van der Waals surface area (Å²) in [6.07, 6.45) is 3.36. The molecule has 1 amide bonds. The second-order valence-corrected chi connectivity index (χ2v) is 5.30. The lowest BCUT2D eigenvalue weighted by atomic mass is 9.80. The van der Waals surface area contributed by atoms with Gasteiger partial charge in [0.1, 0.15) is 0 Å². The van der Waals surface area contributed by atoms with Crippen LogP contribution in [-0.2, 0) is 0 Å². The number of aromatic nitrogens is 1. The van der Waals surface area contributed by atoms with E-state index in [-0.39, 0.29) is 11.4 Å². The van der Waals surface area contributed by atoms with E-state index in [1.807, 2.05) is 13.0 Å². The second kappa shape index (κ2) is 4.11. The van der Waals surface area contributed by atoms with E-state index in [0.717, 1.165) is 5.56 Å². The lowest BCUT2D eigenvalue weighted by molar-refractivity contribution is 0.0274. The third-order valence-corrected chi connectivity index (χ3v) is 3.53. The lowest BCUT2D eigenvalue weighted by Crippen LogP contribution is -2.71. The van der Waals surface area contributed by atoms with Gasteiger partial charge in [-0.1, -0.05) is 13.8 Å². The molecular formula is C13H19N3O. The summed E-state index contributed by atoms with van der Waals surface area (Å²) in [6, 6.07) is 1.86. The molecule has 4 heteroatoms. The Morgan fingerprint density at radius 3 is 2.65 bits per heavy atom. The van der Waals surface area contributed by atoms with Crippen molar-refractivity contribution in [2.75, 3.05) is 13.1 Å². The summed E-state index contributed by atoms with van der Waals surface area (Å²) in [6.45, 7) is 7.39. The molecule has 17 heavy (non-hydrogen) atoms. The van der Waals surface area contributed by atoms with Crippen molar-refractivity contribution in [3.05, 3.63) is 29.6 Å². The van der Waals surface area contributed by atoms with Gasteiger partial charge in [-0.2, -0.15) is 0 Å². The van der Waals surface area contributed by atoms with Crippen LogP contribution in [0.25, 0.3) is 0 Å². The molecule has 4 nitrogen and oxygen atoms in total. The minimum atomic E-state index is -0.215. The summed E-state index contributed by atoms with van der Waals surface area (Å²) >= 11 is 0. The molecule has 92 valence electrons. The smallest absolute Gasteiger partial charge is 0.255 e. The average Bonchev–Trinajstić information content (AvgIpc) is 2.23. The highest BCUT2D eigenvalue weighted by atomic mass is 16.2. The number of hydrogen-bond donors (Lipinski definition) is 1. The van der Waals surface area contributed by atoms with Crippen molar-refractivity contribution in [2.24, 2.45) is 11.7 Å². The highest BCUT2D eigenvalue weighted by Gasteiger charge is 2.44. The number of aryl methyl sites for hydroxylation is 1. The van der Waals surface area contributed by atoms with Crippen LogP contribution in [0.15, 0.2) is 18.5 Å². The first-order valence-electron chi connectivity index (χ1n) is 5.92. The Hall–Kier alpha value is -1.42. The number of pyridine rings is 1. The Balaban J connectivity index is 2.05. The second-order valence-electron chi connectivity index (χ2n) is 5.30. The van der Waals surface area contributed by atoms with Gasteiger partial charge in [0.05, 0.1) is 11.1 Å². The highest BCUT2D eigenvalue weighted by molar-refractivity contribution is 5.94. The number of likely N-dealkylation sites (tertiary alicyclic amines) is 1. The molecule has 0 aliphatic carbocycles. The number of amides is 1. The van der Waals surface area contributed by atoms with Gasteiger partial charge in [0.15, 0.2) is 0 Å². The van der Waals surface area contributed by atoms with E-state index in [1.54, 1.807) is 17.3 Å². The summed E-state index contributed by atoms with van der Waals surface area (Å²) in [5.41, 5.74) is 7.61. The minimum absolute atomic E-state index is 0.0305. The van der Waals surface area contributed by atoms with Gasteiger partial charge >= 0.3 is 0 Å². The molecule has 0 aromatic carbocycles. The van der Waals surface area contributed by atoms with Crippen molar-refractivity contribution in [3.63, 3.8) is 0 Å². The normalized spacial score (nSPS) is 18.1. The number of nitrogens with zero attached hydrogens (tertiary/aromatic N) is 2. The molecule has 2 N–H and O–H groups in total. The molecule has 1 aliphatic heterocycles. The van der Waals surface area contributed by atoms with Crippen LogP contribution in [0.1, 0.15) is 29.8 Å². The third-order valence-electron chi connectivity index (χ3n) is 3.53. The van der Waals surface area contributed by atoms with Gasteiger partial charge in [-0.3, -0.25) is 9.78 Å². The first kappa shape index (κ1) is 12.0. The monoisotopic (exact) mass is 233 g/mol. The predicted molar refractivity (Wildman–Crippen MR) is 66.6 cm³/mol. The van der Waals surface area contributed by atoms with Crippen LogP contribution in [0, 0.1) is 12.8 Å². The number of carbonyl (C=O) groups is 1. The van der Waals surface area contributed by atoms with Crippen LogP contribution in [0.2, 0.25) is 0 Å². The lowest BCUT2D eigenvalue weighted by Gasteiger charge is -2.50. The topological polar surface area (TPSA) is 59.2 Å². The fraction of sp³-hybridized carbons (Fsp3) is 0.538. The first-order valence-corrected chi connectivity index (χ1v) is 5.92. The molecular weight excluding hydrogens is 214 g/mol. The Labute approximate surface area is 102 Å². The zero-order valence-electron chi connectivity index (χ0n) is 10.6. The maximum Gasteiger partial charge on any atom is 0.255 e. The largest absolute Gasteiger partial charge is 0.335 e. The van der Waals surface area contributed by atoms with E-state index in [9.17, 15) is 4.79 Å². The van der Waals surface area contributed by atoms with Crippen molar-refractivity contribution in [1.82, 2.24) is 9.88 Å². The number of rotatable bonds is 2. The number of carbonyl (C=O) groups excluding carboxylic acids is 1. The Morgan fingerprint density at radius 1 is 1.47 bits per heavy atom. The van der Waals surface area contributed by atoms with E-state index >= 15 is 0 Å². The van der Waals surface area contributed by atoms with Gasteiger partial charge < -0.3 is 10.6 Å². The maximum absolute atomic E-state index is 12.1. The molecule has 2 rings (SSSR count). The zero-order chi connectivity index (χ0) is 12.6. The van der Waals surface area contributed by atoms with Crippen molar-refractivity contribution >= 4 is 5.91 Å². The van der Waals surface area contributed by atoms with E-state index in [0.29, 0.717) is 24.6 Å². The Kier molecular flexibility index (Phi) is 2.91. The van der Waals surface area contributed by atoms with Gasteiger partial charge in [0, 0.05) is 25.5 Å². The predicted octanol–water partition coefficient (Wildman–Crippen LogP) is 1.20. The van der Waals surface area contributed by atoms with Crippen molar-refractivity contribution < 1.29 is 4.79 Å². The molecule has 0 bridgehead atoms. The maximum atomic E-state index is 12.1. The number of hydrogen-bond acceptors (Lipinski definition) is 3. The van der Waals surface area contributed by atoms with E-state index in [4.69, 9.17) is 5.73 Å². The van der Waals surface area contributed by atoms with Crippen LogP contribution in [0.5, 0.6) is 0 Å². The molecule has 1 aromatic heterocycles. The van der Waals surface area contributed by atoms with E-state index < -0.39 is 0 Å². The summed E-state index contributed by atoms with van der Waals surface area (Å²) in [5, 5.41) is 0. The van der Waals surface area contributed by atoms with Gasteiger partial charge in [-0.05, 0) is 24.5 Å². The third kappa shape index (κ3) is 2.17. The van der Waals surface area contributed by atoms with Crippen molar-refractivity contribution in [1.29, 1.82) is 0 Å². The molecule has 0 atom stereocenters. The SMILES string of the molecule is Cc1cncc(C(=O)N2CC(N)(C(C)C)C2)c1. The van der Waals surface area contributed by atoms with Crippen LogP contribution >= 0.6 is 0 Å². The fourth-order valence-electron chi connectivity index (χ4n) is 2.03. The highest BCUT2D eigenvalue weighted by Crippen LogP contribution is 2.27. The van der Waals surface area contributed by atoms with Crippen LogP contribution in [0.3, 0.4) is 0 Å². The summed E-state index contributed by atoms with van der Waals surface area (Å²) in [4.78, 5) is 17.9. The molecule has 0 saturated carbocycles. The quantitative estimate of drug-likeness (QED) is 0.835. The van der Waals surface area contributed by atoms with Gasteiger partial charge in [-0.25, -0.2) is 0 Å². The van der Waals surface area contributed by atoms with Crippen molar-refractivity contribution in [3.8, 4) is 0 Å². The molecule has 1 saturated heterocycles.